The highest BCUT2D eigenvalue weighted by atomic mass is 16.5. The Hall–Kier alpha value is -1.62. The summed E-state index contributed by atoms with van der Waals surface area (Å²) in [6.45, 7) is 5.22. The highest BCUT2D eigenvalue weighted by molar-refractivity contribution is 5.44. The van der Waals surface area contributed by atoms with E-state index in [0.717, 1.165) is 25.8 Å². The van der Waals surface area contributed by atoms with Crippen molar-refractivity contribution in [3.05, 3.63) is 24.3 Å². The predicted octanol–water partition coefficient (Wildman–Crippen LogP) is 2.65. The topological polar surface area (TPSA) is 64.1 Å². The molecule has 2 rings (SSSR count). The zero-order valence-electron chi connectivity index (χ0n) is 10.8. The Morgan fingerprint density at radius 3 is 2.94 bits per heavy atom. The highest BCUT2D eigenvalue weighted by Gasteiger charge is 2.15. The van der Waals surface area contributed by atoms with Crippen molar-refractivity contribution in [2.75, 3.05) is 6.54 Å². The number of hydrogen-bond donors (Lipinski definition) is 1. The minimum Gasteiger partial charge on any atom is -0.461 e. The Morgan fingerprint density at radius 1 is 1.39 bits per heavy atom. The number of nitrogens with one attached hydrogen (secondary N) is 1. The first-order valence-corrected chi connectivity index (χ1v) is 6.43. The predicted molar refractivity (Wildman–Crippen MR) is 68.1 cm³/mol. The lowest BCUT2D eigenvalue weighted by atomic mass is 10.1. The van der Waals surface area contributed by atoms with E-state index >= 15 is 0 Å². The van der Waals surface area contributed by atoms with Gasteiger partial charge in [0, 0.05) is 12.5 Å². The zero-order chi connectivity index (χ0) is 12.8. The van der Waals surface area contributed by atoms with Crippen LogP contribution < -0.4 is 5.32 Å². The second-order valence-corrected chi connectivity index (χ2v) is 4.24. The Morgan fingerprint density at radius 2 is 2.28 bits per heavy atom. The maximum atomic E-state index is 5.25. The second-order valence-electron chi connectivity index (χ2n) is 4.24. The summed E-state index contributed by atoms with van der Waals surface area (Å²) in [6, 6.07) is 4.02. The third-order valence-electron chi connectivity index (χ3n) is 2.76. The van der Waals surface area contributed by atoms with E-state index in [1.54, 1.807) is 6.26 Å². The molecule has 0 fully saturated rings. The second kappa shape index (κ2) is 6.35. The van der Waals surface area contributed by atoms with Gasteiger partial charge in [0.1, 0.15) is 0 Å². The van der Waals surface area contributed by atoms with Crippen LogP contribution in [0.25, 0.3) is 11.6 Å². The van der Waals surface area contributed by atoms with Crippen LogP contribution in [0.4, 0.5) is 0 Å². The molecule has 0 radical (unpaired) electrons. The molecule has 5 heteroatoms. The molecule has 1 unspecified atom stereocenters. The molecule has 0 saturated heterocycles. The largest absolute Gasteiger partial charge is 0.461 e. The molecule has 0 aromatic carbocycles. The van der Waals surface area contributed by atoms with Crippen LogP contribution in [-0.4, -0.2) is 22.7 Å². The van der Waals surface area contributed by atoms with Crippen LogP contribution in [-0.2, 0) is 6.42 Å². The third-order valence-corrected chi connectivity index (χ3v) is 2.76. The van der Waals surface area contributed by atoms with Gasteiger partial charge in [0.15, 0.2) is 5.76 Å². The van der Waals surface area contributed by atoms with Crippen LogP contribution in [0.5, 0.6) is 0 Å². The highest BCUT2D eigenvalue weighted by Crippen LogP contribution is 2.16. The van der Waals surface area contributed by atoms with Crippen molar-refractivity contribution in [1.82, 2.24) is 15.5 Å². The fourth-order valence-electron chi connectivity index (χ4n) is 1.97. The van der Waals surface area contributed by atoms with Crippen molar-refractivity contribution in [1.29, 1.82) is 0 Å². The van der Waals surface area contributed by atoms with Crippen LogP contribution >= 0.6 is 0 Å². The maximum Gasteiger partial charge on any atom is 0.238 e. The Balaban J connectivity index is 2.01. The quantitative estimate of drug-likeness (QED) is 0.817. The number of rotatable bonds is 7. The molecular weight excluding hydrogens is 230 g/mol. The minimum atomic E-state index is 0.393. The van der Waals surface area contributed by atoms with Gasteiger partial charge in [-0.3, -0.25) is 0 Å². The molecule has 0 aliphatic rings. The summed E-state index contributed by atoms with van der Waals surface area (Å²) < 4.78 is 10.5. The van der Waals surface area contributed by atoms with E-state index in [4.69, 9.17) is 8.94 Å². The van der Waals surface area contributed by atoms with Crippen molar-refractivity contribution in [2.45, 2.75) is 39.2 Å². The lowest BCUT2D eigenvalue weighted by Gasteiger charge is -2.14. The summed E-state index contributed by atoms with van der Waals surface area (Å²) in [5.74, 6) is 1.81. The molecule has 1 atom stereocenters. The molecule has 1 N–H and O–H groups in total. The number of hydrogen-bond acceptors (Lipinski definition) is 5. The summed E-state index contributed by atoms with van der Waals surface area (Å²) in [6.07, 6.45) is 4.60. The average Bonchev–Trinajstić information content (AvgIpc) is 2.98. The number of furan rings is 1. The van der Waals surface area contributed by atoms with Crippen LogP contribution in [0.1, 0.15) is 32.6 Å². The number of likely N-dealkylation sites (N-methyl/N-ethyl adjacent to an activating group) is 1. The van der Waals surface area contributed by atoms with E-state index < -0.39 is 0 Å². The molecule has 5 nitrogen and oxygen atoms in total. The monoisotopic (exact) mass is 249 g/mol. The van der Waals surface area contributed by atoms with Crippen LogP contribution in [0.2, 0.25) is 0 Å². The van der Waals surface area contributed by atoms with Gasteiger partial charge in [0.25, 0.3) is 0 Å². The lowest BCUT2D eigenvalue weighted by Crippen LogP contribution is -2.30. The molecule has 0 amide bonds. The maximum absolute atomic E-state index is 5.25. The fourth-order valence-corrected chi connectivity index (χ4v) is 1.97. The fraction of sp³-hybridized carbons (Fsp3) is 0.538. The molecule has 0 aliphatic heterocycles. The van der Waals surface area contributed by atoms with Gasteiger partial charge in [-0.25, -0.2) is 0 Å². The molecule has 18 heavy (non-hydrogen) atoms. The van der Waals surface area contributed by atoms with Gasteiger partial charge in [-0.2, -0.15) is 4.98 Å². The first-order valence-electron chi connectivity index (χ1n) is 6.43. The lowest BCUT2D eigenvalue weighted by molar-refractivity contribution is 0.351. The van der Waals surface area contributed by atoms with E-state index in [1.165, 1.54) is 0 Å². The van der Waals surface area contributed by atoms with Gasteiger partial charge < -0.3 is 14.3 Å². The summed E-state index contributed by atoms with van der Waals surface area (Å²) >= 11 is 0. The summed E-state index contributed by atoms with van der Waals surface area (Å²) in [5.41, 5.74) is 0. The standard InChI is InChI=1S/C13H19N3O2/c1-3-6-10(14-4-2)9-12-15-13(16-18-12)11-7-5-8-17-11/h5,7-8,10,14H,3-4,6,9H2,1-2H3. The SMILES string of the molecule is CCCC(Cc1nc(-c2ccco2)no1)NCC. The first-order chi connectivity index (χ1) is 8.83. The molecule has 0 aliphatic carbocycles. The summed E-state index contributed by atoms with van der Waals surface area (Å²) in [7, 11) is 0. The number of aromatic nitrogens is 2. The molecule has 98 valence electrons. The molecule has 2 aromatic rings. The van der Waals surface area contributed by atoms with E-state index in [0.29, 0.717) is 23.5 Å². The van der Waals surface area contributed by atoms with Gasteiger partial charge in [0.05, 0.1) is 6.26 Å². The Bertz CT molecular complexity index is 445. The van der Waals surface area contributed by atoms with Gasteiger partial charge >= 0.3 is 0 Å². The number of nitrogens with zero attached hydrogens (tertiary/aromatic N) is 2. The zero-order valence-corrected chi connectivity index (χ0v) is 10.8. The van der Waals surface area contributed by atoms with Crippen molar-refractivity contribution >= 4 is 0 Å². The molecule has 0 spiro atoms. The van der Waals surface area contributed by atoms with Crippen molar-refractivity contribution < 1.29 is 8.94 Å². The summed E-state index contributed by atoms with van der Waals surface area (Å²) in [5, 5.41) is 7.35. The first kappa shape index (κ1) is 12.8. The Labute approximate surface area is 107 Å². The van der Waals surface area contributed by atoms with E-state index in [1.807, 2.05) is 12.1 Å². The van der Waals surface area contributed by atoms with E-state index in [-0.39, 0.29) is 0 Å². The van der Waals surface area contributed by atoms with Crippen molar-refractivity contribution in [3.8, 4) is 11.6 Å². The van der Waals surface area contributed by atoms with E-state index in [2.05, 4.69) is 29.3 Å². The summed E-state index contributed by atoms with van der Waals surface area (Å²) in [4.78, 5) is 4.35. The van der Waals surface area contributed by atoms with Crippen molar-refractivity contribution in [3.63, 3.8) is 0 Å². The third kappa shape index (κ3) is 3.20. The molecule has 0 saturated carbocycles. The van der Waals surface area contributed by atoms with Gasteiger partial charge in [-0.1, -0.05) is 25.4 Å². The van der Waals surface area contributed by atoms with Crippen LogP contribution in [0.3, 0.4) is 0 Å². The van der Waals surface area contributed by atoms with Crippen LogP contribution in [0, 0.1) is 0 Å². The molecule has 0 bridgehead atoms. The van der Waals surface area contributed by atoms with E-state index in [9.17, 15) is 0 Å². The van der Waals surface area contributed by atoms with Gasteiger partial charge in [-0.15, -0.1) is 0 Å². The van der Waals surface area contributed by atoms with Gasteiger partial charge in [0.2, 0.25) is 11.7 Å². The average molecular weight is 249 g/mol. The smallest absolute Gasteiger partial charge is 0.238 e. The Kier molecular flexibility index (Phi) is 4.52. The normalized spacial score (nSPS) is 12.8. The van der Waals surface area contributed by atoms with Crippen LogP contribution in [0.15, 0.2) is 27.3 Å². The van der Waals surface area contributed by atoms with Gasteiger partial charge in [-0.05, 0) is 25.1 Å². The molecule has 2 aromatic heterocycles. The minimum absolute atomic E-state index is 0.393. The van der Waals surface area contributed by atoms with Crippen molar-refractivity contribution in [2.24, 2.45) is 0 Å². The molecule has 2 heterocycles. The molecular formula is C13H19N3O2.